The summed E-state index contributed by atoms with van der Waals surface area (Å²) >= 11 is 3.39. The van der Waals surface area contributed by atoms with Crippen LogP contribution in [0.5, 0.6) is 11.5 Å². The first-order valence-electron chi connectivity index (χ1n) is 12.8. The van der Waals surface area contributed by atoms with Crippen molar-refractivity contribution >= 4 is 44.7 Å². The fraction of sp³-hybridized carbons (Fsp3) is 0.241. The van der Waals surface area contributed by atoms with Gasteiger partial charge in [0.25, 0.3) is 5.56 Å². The van der Waals surface area contributed by atoms with Crippen LogP contribution in [0.2, 0.25) is 0 Å². The lowest BCUT2D eigenvalue weighted by Gasteiger charge is -2.15. The van der Waals surface area contributed by atoms with Gasteiger partial charge in [-0.25, -0.2) is 9.78 Å². The number of aromatic carboxylic acids is 1. The van der Waals surface area contributed by atoms with Crippen molar-refractivity contribution in [1.82, 2.24) is 9.66 Å². The summed E-state index contributed by atoms with van der Waals surface area (Å²) < 4.78 is 13.4. The molecule has 12 heteroatoms. The number of fused-ring (bicyclic) bond motifs is 1. The van der Waals surface area contributed by atoms with Crippen molar-refractivity contribution in [3.8, 4) is 11.5 Å². The van der Waals surface area contributed by atoms with E-state index in [1.54, 1.807) is 37.3 Å². The lowest BCUT2D eigenvalue weighted by molar-refractivity contribution is -0.386. The van der Waals surface area contributed by atoms with Crippen LogP contribution in [-0.2, 0) is 6.61 Å². The minimum atomic E-state index is -1.06. The summed E-state index contributed by atoms with van der Waals surface area (Å²) in [5.74, 6) is -0.625. The van der Waals surface area contributed by atoms with E-state index in [1.807, 2.05) is 19.9 Å². The molecular formula is C29H27BrN4O7. The molecule has 41 heavy (non-hydrogen) atoms. The highest BCUT2D eigenvalue weighted by molar-refractivity contribution is 9.10. The Morgan fingerprint density at radius 3 is 2.54 bits per heavy atom. The van der Waals surface area contributed by atoms with Crippen molar-refractivity contribution in [2.75, 3.05) is 6.61 Å². The van der Waals surface area contributed by atoms with E-state index in [4.69, 9.17) is 14.6 Å². The van der Waals surface area contributed by atoms with E-state index >= 15 is 0 Å². The number of benzene rings is 3. The Bertz CT molecular complexity index is 1700. The average molecular weight is 623 g/mol. The number of nitro groups is 1. The van der Waals surface area contributed by atoms with Crippen LogP contribution in [0.15, 0.2) is 69.0 Å². The normalized spacial score (nSPS) is 12.0. The third-order valence-electron chi connectivity index (χ3n) is 6.35. The quantitative estimate of drug-likeness (QED) is 0.119. The Kier molecular flexibility index (Phi) is 9.13. The summed E-state index contributed by atoms with van der Waals surface area (Å²) in [4.78, 5) is 40.7. The van der Waals surface area contributed by atoms with Gasteiger partial charge >= 0.3 is 11.7 Å². The third-order valence-corrected chi connectivity index (χ3v) is 6.84. The molecule has 11 nitrogen and oxygen atoms in total. The van der Waals surface area contributed by atoms with Gasteiger partial charge in [-0.1, -0.05) is 41.9 Å². The first-order chi connectivity index (χ1) is 19.6. The highest BCUT2D eigenvalue weighted by Gasteiger charge is 2.23. The summed E-state index contributed by atoms with van der Waals surface area (Å²) in [6, 6.07) is 14.1. The van der Waals surface area contributed by atoms with E-state index in [0.29, 0.717) is 27.9 Å². The van der Waals surface area contributed by atoms with Crippen LogP contribution < -0.4 is 15.0 Å². The van der Waals surface area contributed by atoms with Crippen molar-refractivity contribution in [2.45, 2.75) is 39.7 Å². The van der Waals surface area contributed by atoms with Crippen LogP contribution in [0.25, 0.3) is 10.9 Å². The number of hydrogen-bond donors (Lipinski definition) is 1. The van der Waals surface area contributed by atoms with Crippen molar-refractivity contribution in [3.63, 3.8) is 0 Å². The second-order valence-corrected chi connectivity index (χ2v) is 10.1. The number of nitrogens with zero attached hydrogens (tertiary/aromatic N) is 4. The van der Waals surface area contributed by atoms with E-state index in [1.165, 1.54) is 29.1 Å². The van der Waals surface area contributed by atoms with Gasteiger partial charge in [-0.3, -0.25) is 14.9 Å². The van der Waals surface area contributed by atoms with Crippen molar-refractivity contribution in [2.24, 2.45) is 5.10 Å². The number of hydrogen-bond acceptors (Lipinski definition) is 8. The highest BCUT2D eigenvalue weighted by Crippen LogP contribution is 2.39. The monoisotopic (exact) mass is 622 g/mol. The predicted molar refractivity (Wildman–Crippen MR) is 157 cm³/mol. The summed E-state index contributed by atoms with van der Waals surface area (Å²) in [6.07, 6.45) is 2.07. The summed E-state index contributed by atoms with van der Waals surface area (Å²) in [7, 11) is 0. The maximum Gasteiger partial charge on any atom is 0.335 e. The zero-order valence-corrected chi connectivity index (χ0v) is 24.1. The molecule has 0 unspecified atom stereocenters. The molecule has 0 aliphatic carbocycles. The fourth-order valence-corrected chi connectivity index (χ4v) is 4.39. The number of aromatic nitrogens is 2. The van der Waals surface area contributed by atoms with E-state index in [9.17, 15) is 19.7 Å². The Hall–Kier alpha value is -4.58. The molecule has 0 amide bonds. The van der Waals surface area contributed by atoms with E-state index < -0.39 is 10.9 Å². The van der Waals surface area contributed by atoms with Gasteiger partial charge < -0.3 is 14.6 Å². The Labute approximate surface area is 243 Å². The molecule has 0 spiro atoms. The molecule has 1 atom stereocenters. The van der Waals surface area contributed by atoms with Crippen molar-refractivity contribution < 1.29 is 24.3 Å². The average Bonchev–Trinajstić information content (AvgIpc) is 2.95. The van der Waals surface area contributed by atoms with Crippen LogP contribution in [-0.4, -0.2) is 38.5 Å². The van der Waals surface area contributed by atoms with Crippen LogP contribution >= 0.6 is 15.9 Å². The minimum Gasteiger partial charge on any atom is -0.490 e. The first kappa shape index (κ1) is 29.4. The molecule has 3 aromatic carbocycles. The molecule has 0 saturated carbocycles. The molecule has 1 aromatic heterocycles. The largest absolute Gasteiger partial charge is 0.490 e. The standard InChI is InChI=1S/C29H27BrN4O7/c1-4-17(3)27-32-23-11-10-21(30)14-22(23)28(35)33(27)31-15-19-12-24(34(38)39)26(25(13-19)40-5-2)41-16-18-6-8-20(9-7-18)29(36)37/h6-15,17H,4-5,16H2,1-3H3,(H,36,37)/t17-/m1/s1. The van der Waals surface area contributed by atoms with Crippen LogP contribution in [0.1, 0.15) is 60.4 Å². The predicted octanol–water partition coefficient (Wildman–Crippen LogP) is 6.14. The second-order valence-electron chi connectivity index (χ2n) is 9.15. The second kappa shape index (κ2) is 12.7. The smallest absolute Gasteiger partial charge is 0.335 e. The van der Waals surface area contributed by atoms with Gasteiger partial charge in [0.15, 0.2) is 5.75 Å². The van der Waals surface area contributed by atoms with E-state index in [2.05, 4.69) is 26.0 Å². The SMILES string of the molecule is CCOc1cc(C=Nn2c([C@H](C)CC)nc3ccc(Br)cc3c2=O)cc([N+](=O)[O-])c1OCc1ccc(C(=O)O)cc1. The molecule has 212 valence electrons. The number of ether oxygens (including phenoxy) is 2. The minimum absolute atomic E-state index is 0.0553. The van der Waals surface area contributed by atoms with E-state index in [-0.39, 0.29) is 47.4 Å². The Balaban J connectivity index is 1.75. The fourth-order valence-electron chi connectivity index (χ4n) is 4.03. The summed E-state index contributed by atoms with van der Waals surface area (Å²) in [5.41, 5.74) is 0.877. The molecular weight excluding hydrogens is 596 g/mol. The molecule has 0 saturated heterocycles. The number of rotatable bonds is 11. The van der Waals surface area contributed by atoms with Crippen LogP contribution in [0.3, 0.4) is 0 Å². The molecule has 1 heterocycles. The summed E-state index contributed by atoms with van der Waals surface area (Å²) in [6.45, 7) is 5.81. The van der Waals surface area contributed by atoms with Gasteiger partial charge in [-0.15, -0.1) is 0 Å². The number of carbonyl (C=O) groups is 1. The highest BCUT2D eigenvalue weighted by atomic mass is 79.9. The zero-order valence-electron chi connectivity index (χ0n) is 22.5. The number of nitro benzene ring substituents is 1. The Morgan fingerprint density at radius 2 is 1.90 bits per heavy atom. The van der Waals surface area contributed by atoms with Gasteiger partial charge in [-0.2, -0.15) is 9.78 Å². The van der Waals surface area contributed by atoms with E-state index in [0.717, 1.165) is 10.9 Å². The maximum atomic E-state index is 13.4. The molecule has 0 bridgehead atoms. The van der Waals surface area contributed by atoms with Crippen LogP contribution in [0, 0.1) is 10.1 Å². The topological polar surface area (TPSA) is 146 Å². The molecule has 4 aromatic rings. The molecule has 1 N–H and O–H groups in total. The first-order valence-corrected chi connectivity index (χ1v) is 13.6. The maximum absolute atomic E-state index is 13.4. The van der Waals surface area contributed by atoms with Crippen molar-refractivity contribution in [1.29, 1.82) is 0 Å². The molecule has 0 fully saturated rings. The van der Waals surface area contributed by atoms with Gasteiger partial charge in [0, 0.05) is 22.0 Å². The zero-order chi connectivity index (χ0) is 29.7. The number of halogens is 1. The van der Waals surface area contributed by atoms with Gasteiger partial charge in [0.05, 0.1) is 34.2 Å². The van der Waals surface area contributed by atoms with Crippen molar-refractivity contribution in [3.05, 3.63) is 102 Å². The van der Waals surface area contributed by atoms with Gasteiger partial charge in [-0.05, 0) is 55.3 Å². The molecule has 0 aliphatic heterocycles. The Morgan fingerprint density at radius 1 is 1.17 bits per heavy atom. The molecule has 0 radical (unpaired) electrons. The lowest BCUT2D eigenvalue weighted by atomic mass is 10.1. The number of carboxylic acid groups (broad SMARTS) is 1. The van der Waals surface area contributed by atoms with Gasteiger partial charge in [0.1, 0.15) is 12.4 Å². The molecule has 0 aliphatic rings. The third kappa shape index (κ3) is 6.60. The van der Waals surface area contributed by atoms with Gasteiger partial charge in [0.2, 0.25) is 5.75 Å². The molecule has 4 rings (SSSR count). The summed E-state index contributed by atoms with van der Waals surface area (Å²) in [5, 5.41) is 25.9. The lowest BCUT2D eigenvalue weighted by Crippen LogP contribution is -2.23. The van der Waals surface area contributed by atoms with Crippen LogP contribution in [0.4, 0.5) is 5.69 Å². The number of carboxylic acids is 1.